The van der Waals surface area contributed by atoms with E-state index in [1.54, 1.807) is 0 Å². The van der Waals surface area contributed by atoms with Crippen molar-refractivity contribution in [3.63, 3.8) is 0 Å². The number of aryl methyl sites for hydroxylation is 1. The van der Waals surface area contributed by atoms with Crippen LogP contribution < -0.4 is 0 Å². The predicted molar refractivity (Wildman–Crippen MR) is 24.6 cm³/mol. The molecule has 0 atom stereocenters. The second kappa shape index (κ2) is 3.76. The summed E-state index contributed by atoms with van der Waals surface area (Å²) in [5.74, 6) is 0.889. The minimum Gasteiger partial charge on any atom is -0.418 e. The van der Waals surface area contributed by atoms with E-state index in [4.69, 9.17) is 0 Å². The molecule has 3 nitrogen and oxygen atoms in total. The van der Waals surface area contributed by atoms with E-state index >= 15 is 0 Å². The molecule has 0 amide bonds. The molecule has 0 aromatic carbocycles. The van der Waals surface area contributed by atoms with Gasteiger partial charge in [0, 0.05) is 20.4 Å². The van der Waals surface area contributed by atoms with Crippen LogP contribution in [0.4, 0.5) is 0 Å². The first-order valence-electron chi connectivity index (χ1n) is 2.21. The van der Waals surface area contributed by atoms with Crippen molar-refractivity contribution in [1.29, 1.82) is 0 Å². The summed E-state index contributed by atoms with van der Waals surface area (Å²) in [4.78, 5) is 3.74. The molecule has 45 valence electrons. The zero-order chi connectivity index (χ0) is 5.11. The minimum atomic E-state index is 0. The molecular weight excluding hydrogens is 276 g/mol. The average Bonchev–Trinajstić information content (AvgIpc) is 2.14. The summed E-state index contributed by atoms with van der Waals surface area (Å²) >= 11 is 0. The number of H-pyrrole nitrogens is 1. The molecule has 1 rings (SSSR count). The Morgan fingerprint density at radius 3 is 2.75 bits per heavy atom. The largest absolute Gasteiger partial charge is 0.418 e. The molecule has 0 saturated heterocycles. The van der Waals surface area contributed by atoms with Gasteiger partial charge in [-0.15, -0.1) is 0 Å². The van der Waals surface area contributed by atoms with Gasteiger partial charge < -0.3 is 10.1 Å². The third-order valence-electron chi connectivity index (χ3n) is 0.755. The first-order valence-corrected chi connectivity index (χ1v) is 2.21. The van der Waals surface area contributed by atoms with Gasteiger partial charge in [0.2, 0.25) is 0 Å². The van der Waals surface area contributed by atoms with E-state index in [1.165, 1.54) is 0 Å². The summed E-state index contributed by atoms with van der Waals surface area (Å²) in [5.41, 5.74) is 0. The molecule has 1 heterocycles. The summed E-state index contributed by atoms with van der Waals surface area (Å²) in [7, 11) is 0. The van der Waals surface area contributed by atoms with Crippen molar-refractivity contribution in [2.75, 3.05) is 0 Å². The quantitative estimate of drug-likeness (QED) is 0.746. The van der Waals surface area contributed by atoms with Gasteiger partial charge in [-0.1, -0.05) is 13.3 Å². The Hall–Kier alpha value is -0.198. The molecule has 0 bridgehead atoms. The van der Waals surface area contributed by atoms with Gasteiger partial charge in [0.15, 0.2) is 0 Å². The van der Waals surface area contributed by atoms with Crippen molar-refractivity contribution in [2.24, 2.45) is 0 Å². The molecule has 0 aliphatic rings. The fraction of sp³-hybridized carbons (Fsp3) is 0.500. The van der Waals surface area contributed by atoms with Crippen molar-refractivity contribution in [3.8, 4) is 0 Å². The summed E-state index contributed by atoms with van der Waals surface area (Å²) in [6.07, 6.45) is 3.32. The van der Waals surface area contributed by atoms with E-state index in [9.17, 15) is 0 Å². The van der Waals surface area contributed by atoms with E-state index in [2.05, 4.69) is 21.5 Å². The van der Waals surface area contributed by atoms with E-state index in [0.29, 0.717) is 0 Å². The normalized spacial score (nSPS) is 8.12. The van der Waals surface area contributed by atoms with Gasteiger partial charge in [-0.05, 0) is 12.2 Å². The Morgan fingerprint density at radius 2 is 2.50 bits per heavy atom. The Labute approximate surface area is 61.6 Å². The molecule has 0 aliphatic heterocycles. The van der Waals surface area contributed by atoms with Crippen molar-refractivity contribution >= 4 is 0 Å². The number of aromatic amines is 1. The fourth-order valence-electron chi connectivity index (χ4n) is 0.358. The summed E-state index contributed by atoms with van der Waals surface area (Å²) in [6, 6.07) is 0. The number of aromatic nitrogens is 3. The standard InChI is InChI=1S/C4H6N3.Re/c1-2-4-5-3-6-7-4;/h2H2,1H3,(H,5,6,7);/q-1;. The van der Waals surface area contributed by atoms with Crippen molar-refractivity contribution in [2.45, 2.75) is 13.3 Å². The first kappa shape index (κ1) is 7.80. The van der Waals surface area contributed by atoms with Crippen LogP contribution in [0.2, 0.25) is 0 Å². The summed E-state index contributed by atoms with van der Waals surface area (Å²) in [5, 5.41) is 6.20. The van der Waals surface area contributed by atoms with Gasteiger partial charge in [0.05, 0.1) is 0 Å². The summed E-state index contributed by atoms with van der Waals surface area (Å²) in [6.45, 7) is 2.01. The molecule has 0 aliphatic carbocycles. The Morgan fingerprint density at radius 1 is 1.75 bits per heavy atom. The smallest absolute Gasteiger partial charge is 0 e. The number of nitrogens with zero attached hydrogens (tertiary/aromatic N) is 2. The van der Waals surface area contributed by atoms with Crippen molar-refractivity contribution in [1.82, 2.24) is 15.2 Å². The van der Waals surface area contributed by atoms with E-state index in [0.717, 1.165) is 12.2 Å². The van der Waals surface area contributed by atoms with Gasteiger partial charge in [-0.3, -0.25) is 5.10 Å². The Balaban J connectivity index is 0.000000490. The Bertz CT molecular complexity index is 126. The van der Waals surface area contributed by atoms with Crippen LogP contribution in [0, 0.1) is 6.33 Å². The average molecular weight is 282 g/mol. The zero-order valence-corrected chi connectivity index (χ0v) is 7.20. The topological polar surface area (TPSA) is 41.6 Å². The maximum absolute atomic E-state index is 3.74. The van der Waals surface area contributed by atoms with Gasteiger partial charge in [0.25, 0.3) is 0 Å². The number of nitrogens with one attached hydrogen (secondary N) is 1. The van der Waals surface area contributed by atoms with Crippen LogP contribution in [0.1, 0.15) is 12.7 Å². The molecule has 0 fully saturated rings. The van der Waals surface area contributed by atoms with Gasteiger partial charge in [0.1, 0.15) is 0 Å². The van der Waals surface area contributed by atoms with Crippen LogP contribution in [0.15, 0.2) is 0 Å². The molecule has 0 unspecified atom stereocenters. The van der Waals surface area contributed by atoms with Crippen molar-refractivity contribution < 1.29 is 20.4 Å². The molecule has 1 N–H and O–H groups in total. The molecular formula is C4H6N3Re-. The fourth-order valence-corrected chi connectivity index (χ4v) is 0.358. The molecule has 1 aromatic heterocycles. The predicted octanol–water partition coefficient (Wildman–Crippen LogP) is 0.165. The van der Waals surface area contributed by atoms with Gasteiger partial charge in [-0.25, -0.2) is 0 Å². The molecule has 4 heteroatoms. The van der Waals surface area contributed by atoms with E-state index in [1.807, 2.05) is 6.92 Å². The van der Waals surface area contributed by atoms with E-state index < -0.39 is 0 Å². The maximum atomic E-state index is 3.74. The minimum absolute atomic E-state index is 0. The zero-order valence-electron chi connectivity index (χ0n) is 4.48. The van der Waals surface area contributed by atoms with Gasteiger partial charge in [-0.2, -0.15) is 0 Å². The number of rotatable bonds is 1. The molecule has 8 heavy (non-hydrogen) atoms. The van der Waals surface area contributed by atoms with Crippen LogP contribution in [0.5, 0.6) is 0 Å². The van der Waals surface area contributed by atoms with Crippen molar-refractivity contribution in [3.05, 3.63) is 12.2 Å². The number of hydrogen-bond donors (Lipinski definition) is 1. The van der Waals surface area contributed by atoms with Crippen LogP contribution in [0.3, 0.4) is 0 Å². The monoisotopic (exact) mass is 283 g/mol. The van der Waals surface area contributed by atoms with Crippen LogP contribution >= 0.6 is 0 Å². The molecule has 0 saturated carbocycles. The van der Waals surface area contributed by atoms with Crippen LogP contribution in [0.25, 0.3) is 0 Å². The van der Waals surface area contributed by atoms with Crippen LogP contribution in [-0.2, 0) is 26.8 Å². The molecule has 1 aromatic rings. The SMILES string of the molecule is CCc1n[c-]n[nH]1.[Re]. The second-order valence-corrected chi connectivity index (χ2v) is 1.24. The van der Waals surface area contributed by atoms with E-state index in [-0.39, 0.29) is 20.4 Å². The molecule has 1 radical (unpaired) electrons. The van der Waals surface area contributed by atoms with Crippen LogP contribution in [-0.4, -0.2) is 15.2 Å². The third-order valence-corrected chi connectivity index (χ3v) is 0.755. The maximum Gasteiger partial charge on any atom is 0 e. The molecule has 0 spiro atoms. The Kier molecular flexibility index (Phi) is 3.67. The second-order valence-electron chi connectivity index (χ2n) is 1.24. The first-order chi connectivity index (χ1) is 3.43. The number of hydrogen-bond acceptors (Lipinski definition) is 2. The van der Waals surface area contributed by atoms with Gasteiger partial charge >= 0.3 is 0 Å². The summed E-state index contributed by atoms with van der Waals surface area (Å²) < 4.78 is 0. The third kappa shape index (κ3) is 1.73.